The van der Waals surface area contributed by atoms with Gasteiger partial charge < -0.3 is 5.73 Å². The Kier molecular flexibility index (Phi) is 5.53. The molecule has 0 heterocycles. The molecule has 5 nitrogen and oxygen atoms in total. The molecule has 0 saturated carbocycles. The van der Waals surface area contributed by atoms with Crippen molar-refractivity contribution >= 4 is 38.0 Å². The Balaban J connectivity index is 3.11. The number of hydrogen-bond acceptors (Lipinski definition) is 4. The van der Waals surface area contributed by atoms with E-state index in [-0.39, 0.29) is 27.7 Å². The van der Waals surface area contributed by atoms with Gasteiger partial charge in [0.1, 0.15) is 10.8 Å². The van der Waals surface area contributed by atoms with Gasteiger partial charge in [-0.1, -0.05) is 18.3 Å². The Hall–Kier alpha value is -0.900. The third kappa shape index (κ3) is 4.30. The van der Waals surface area contributed by atoms with E-state index in [1.807, 2.05) is 0 Å². The van der Waals surface area contributed by atoms with E-state index >= 15 is 0 Å². The van der Waals surface area contributed by atoms with Crippen molar-refractivity contribution in [1.29, 1.82) is 0 Å². The topological polar surface area (TPSA) is 89.3 Å². The van der Waals surface area contributed by atoms with Crippen molar-refractivity contribution in [1.82, 2.24) is 4.72 Å². The Morgan fingerprint density at radius 3 is 2.68 bits per heavy atom. The maximum absolute atomic E-state index is 13.6. The highest BCUT2D eigenvalue weighted by molar-refractivity contribution is 7.90. The van der Waals surface area contributed by atoms with Gasteiger partial charge in [-0.2, -0.15) is 0 Å². The van der Waals surface area contributed by atoms with Crippen molar-refractivity contribution in [2.75, 3.05) is 18.6 Å². The average Bonchev–Trinajstić information content (AvgIpc) is 2.27. The van der Waals surface area contributed by atoms with Gasteiger partial charge in [0.15, 0.2) is 0 Å². The van der Waals surface area contributed by atoms with Gasteiger partial charge in [0.2, 0.25) is 10.0 Å². The summed E-state index contributed by atoms with van der Waals surface area (Å²) in [6, 6.07) is 3.54. The molecule has 0 aliphatic carbocycles. The van der Waals surface area contributed by atoms with E-state index in [0.717, 1.165) is 6.07 Å². The molecule has 0 aliphatic heterocycles. The highest BCUT2D eigenvalue weighted by Gasteiger charge is 2.22. The molecule has 0 fully saturated rings. The van der Waals surface area contributed by atoms with Crippen molar-refractivity contribution in [2.45, 2.75) is 4.90 Å². The lowest BCUT2D eigenvalue weighted by molar-refractivity contribution is 0.579. The van der Waals surface area contributed by atoms with Gasteiger partial charge in [-0.15, -0.1) is 0 Å². The summed E-state index contributed by atoms with van der Waals surface area (Å²) in [6.07, 6.45) is 1.46. The average molecular weight is 324 g/mol. The molecular formula is C10H13FN2O3S3. The van der Waals surface area contributed by atoms with Crippen LogP contribution < -0.4 is 10.5 Å². The van der Waals surface area contributed by atoms with Crippen molar-refractivity contribution < 1.29 is 17.0 Å². The molecule has 9 heteroatoms. The molecule has 1 aromatic carbocycles. The largest absolute Gasteiger partial charge is 0.389 e. The first kappa shape index (κ1) is 16.2. The summed E-state index contributed by atoms with van der Waals surface area (Å²) in [6.45, 7) is -0.0151. The molecule has 0 aliphatic rings. The number of sulfonamides is 1. The summed E-state index contributed by atoms with van der Waals surface area (Å²) in [5.41, 5.74) is 5.02. The van der Waals surface area contributed by atoms with Crippen molar-refractivity contribution in [3.05, 3.63) is 29.6 Å². The van der Waals surface area contributed by atoms with E-state index in [9.17, 15) is 17.0 Å². The van der Waals surface area contributed by atoms with Gasteiger partial charge in [-0.05, 0) is 12.1 Å². The number of halogens is 1. The Bertz CT molecular complexity index is 616. The van der Waals surface area contributed by atoms with Crippen LogP contribution >= 0.6 is 12.2 Å². The molecule has 0 bridgehead atoms. The predicted molar refractivity (Wildman–Crippen MR) is 76.4 cm³/mol. The molecule has 1 aromatic rings. The molecule has 0 saturated heterocycles. The minimum Gasteiger partial charge on any atom is -0.389 e. The second-order valence-corrected chi connectivity index (χ2v) is 7.38. The highest BCUT2D eigenvalue weighted by Crippen LogP contribution is 2.18. The lowest BCUT2D eigenvalue weighted by atomic mass is 10.2. The van der Waals surface area contributed by atoms with Gasteiger partial charge in [-0.25, -0.2) is 17.5 Å². The Morgan fingerprint density at radius 1 is 1.53 bits per heavy atom. The van der Waals surface area contributed by atoms with Crippen LogP contribution in [0.25, 0.3) is 0 Å². The summed E-state index contributed by atoms with van der Waals surface area (Å²) >= 11 is 4.66. The van der Waals surface area contributed by atoms with E-state index in [4.69, 9.17) is 5.73 Å². The van der Waals surface area contributed by atoms with Crippen LogP contribution in [0.3, 0.4) is 0 Å². The van der Waals surface area contributed by atoms with Crippen LogP contribution in [0.2, 0.25) is 0 Å². The first-order valence-electron chi connectivity index (χ1n) is 5.13. The minimum atomic E-state index is -3.95. The fourth-order valence-electron chi connectivity index (χ4n) is 1.36. The van der Waals surface area contributed by atoms with Crippen LogP contribution in [-0.4, -0.2) is 36.2 Å². The maximum Gasteiger partial charge on any atom is 0.241 e. The lowest BCUT2D eigenvalue weighted by Gasteiger charge is -2.11. The molecule has 1 atom stereocenters. The summed E-state index contributed by atoms with van der Waals surface area (Å²) in [4.78, 5) is -0.653. The first-order valence-corrected chi connectivity index (χ1v) is 8.75. The molecule has 0 amide bonds. The minimum absolute atomic E-state index is 0.0151. The van der Waals surface area contributed by atoms with Gasteiger partial charge >= 0.3 is 0 Å². The number of benzene rings is 1. The summed E-state index contributed by atoms with van der Waals surface area (Å²) in [5.74, 6) is -0.633. The third-order valence-electron chi connectivity index (χ3n) is 2.19. The van der Waals surface area contributed by atoms with Crippen LogP contribution in [0.1, 0.15) is 5.56 Å². The standard InChI is InChI=1S/C10H13FN2O3S3/c1-18(14)6-5-13-19(15,16)8-4-2-3-7(11)9(8)10(12)17/h2-4,13H,5-6H2,1H3,(H2,12,17). The highest BCUT2D eigenvalue weighted by atomic mass is 32.2. The zero-order valence-corrected chi connectivity index (χ0v) is 12.5. The molecule has 0 aromatic heterocycles. The van der Waals surface area contributed by atoms with Crippen molar-refractivity contribution in [2.24, 2.45) is 5.73 Å². The normalized spacial score (nSPS) is 13.2. The first-order chi connectivity index (χ1) is 8.75. The van der Waals surface area contributed by atoms with Gasteiger partial charge in [0.25, 0.3) is 0 Å². The molecule has 0 spiro atoms. The zero-order chi connectivity index (χ0) is 14.6. The number of hydrogen-bond donors (Lipinski definition) is 2. The monoisotopic (exact) mass is 324 g/mol. The summed E-state index contributed by atoms with van der Waals surface area (Å²) in [7, 11) is -5.07. The molecule has 1 unspecified atom stereocenters. The van der Waals surface area contributed by atoms with Crippen LogP contribution in [0.5, 0.6) is 0 Å². The van der Waals surface area contributed by atoms with E-state index in [2.05, 4.69) is 16.9 Å². The van der Waals surface area contributed by atoms with Crippen LogP contribution in [0.15, 0.2) is 23.1 Å². The number of thiocarbonyl (C=S) groups is 1. The SMILES string of the molecule is CS(=O)CCNS(=O)(=O)c1cccc(F)c1C(N)=S. The fraction of sp³-hybridized carbons (Fsp3) is 0.300. The second-order valence-electron chi connectivity index (χ2n) is 3.65. The fourth-order valence-corrected chi connectivity index (χ4v) is 3.42. The number of nitrogens with two attached hydrogens (primary N) is 1. The van der Waals surface area contributed by atoms with Gasteiger partial charge in [0, 0.05) is 29.4 Å². The number of nitrogens with one attached hydrogen (secondary N) is 1. The second kappa shape index (κ2) is 6.51. The lowest BCUT2D eigenvalue weighted by Crippen LogP contribution is -2.30. The zero-order valence-electron chi connectivity index (χ0n) is 10.1. The summed E-state index contributed by atoms with van der Waals surface area (Å²) in [5, 5.41) is 0. The molecule has 19 heavy (non-hydrogen) atoms. The molecular weight excluding hydrogens is 311 g/mol. The molecule has 3 N–H and O–H groups in total. The Labute approximate surface area is 118 Å². The smallest absolute Gasteiger partial charge is 0.241 e. The molecule has 1 rings (SSSR count). The summed E-state index contributed by atoms with van der Waals surface area (Å²) < 4.78 is 50.7. The van der Waals surface area contributed by atoms with E-state index in [1.165, 1.54) is 18.4 Å². The predicted octanol–water partition coefficient (Wildman–Crippen LogP) is 0.117. The van der Waals surface area contributed by atoms with E-state index in [0.29, 0.717) is 0 Å². The molecule has 106 valence electrons. The third-order valence-corrected chi connectivity index (χ3v) is 4.68. The molecule has 0 radical (unpaired) electrons. The van der Waals surface area contributed by atoms with Crippen molar-refractivity contribution in [3.8, 4) is 0 Å². The van der Waals surface area contributed by atoms with Crippen molar-refractivity contribution in [3.63, 3.8) is 0 Å². The Morgan fingerprint density at radius 2 is 2.16 bits per heavy atom. The maximum atomic E-state index is 13.6. The van der Waals surface area contributed by atoms with Crippen LogP contribution in [0, 0.1) is 5.82 Å². The van der Waals surface area contributed by atoms with E-state index < -0.39 is 26.6 Å². The van der Waals surface area contributed by atoms with E-state index in [1.54, 1.807) is 0 Å². The van der Waals surface area contributed by atoms with Gasteiger partial charge in [0.05, 0.1) is 10.5 Å². The quantitative estimate of drug-likeness (QED) is 0.725. The van der Waals surface area contributed by atoms with Crippen LogP contribution in [-0.2, 0) is 20.8 Å². The van der Waals surface area contributed by atoms with Gasteiger partial charge in [-0.3, -0.25) is 4.21 Å². The number of rotatable bonds is 6. The van der Waals surface area contributed by atoms with Crippen LogP contribution in [0.4, 0.5) is 4.39 Å².